The van der Waals surface area contributed by atoms with Crippen LogP contribution in [-0.2, 0) is 11.3 Å². The largest absolute Gasteiger partial charge is 0.366 e. The van der Waals surface area contributed by atoms with Gasteiger partial charge in [-0.1, -0.05) is 30.3 Å². The number of nitrogens with zero attached hydrogens (tertiary/aromatic N) is 3. The first-order chi connectivity index (χ1) is 13.1. The maximum Gasteiger partial charge on any atom is 0.255 e. The molecule has 5 nitrogen and oxygen atoms in total. The van der Waals surface area contributed by atoms with E-state index < -0.39 is 6.04 Å². The summed E-state index contributed by atoms with van der Waals surface area (Å²) in [7, 11) is 0. The summed E-state index contributed by atoms with van der Waals surface area (Å²) in [5.74, 6) is -0.383. The lowest BCUT2D eigenvalue weighted by atomic mass is 10.1. The van der Waals surface area contributed by atoms with Crippen LogP contribution in [0.4, 0.5) is 10.1 Å². The van der Waals surface area contributed by atoms with Gasteiger partial charge in [-0.05, 0) is 30.7 Å². The predicted molar refractivity (Wildman–Crippen MR) is 101 cm³/mol. The first kappa shape index (κ1) is 17.5. The Balaban J connectivity index is 1.40. The zero-order valence-electron chi connectivity index (χ0n) is 15.3. The number of carbonyl (C=O) groups excluding carboxylic acids is 2. The SMILES string of the molecule is C[C@H](C(=O)N1CCN(c2ccccc2F)CC1)N1Cc2ccccc2C1=O. The monoisotopic (exact) mass is 367 g/mol. The minimum Gasteiger partial charge on any atom is -0.366 e. The van der Waals surface area contributed by atoms with Gasteiger partial charge in [-0.2, -0.15) is 0 Å². The average Bonchev–Trinajstić information content (AvgIpc) is 3.04. The van der Waals surface area contributed by atoms with Crippen LogP contribution in [0.5, 0.6) is 0 Å². The molecule has 27 heavy (non-hydrogen) atoms. The van der Waals surface area contributed by atoms with Crippen molar-refractivity contribution in [3.8, 4) is 0 Å². The van der Waals surface area contributed by atoms with E-state index >= 15 is 0 Å². The Kier molecular flexibility index (Phi) is 4.56. The topological polar surface area (TPSA) is 43.9 Å². The summed E-state index contributed by atoms with van der Waals surface area (Å²) in [4.78, 5) is 30.9. The quantitative estimate of drug-likeness (QED) is 0.837. The first-order valence-corrected chi connectivity index (χ1v) is 9.23. The van der Waals surface area contributed by atoms with Crippen molar-refractivity contribution in [1.82, 2.24) is 9.80 Å². The van der Waals surface area contributed by atoms with Crippen LogP contribution in [0.2, 0.25) is 0 Å². The summed E-state index contributed by atoms with van der Waals surface area (Å²) in [6, 6.07) is 13.7. The highest BCUT2D eigenvalue weighted by atomic mass is 19.1. The van der Waals surface area contributed by atoms with Gasteiger partial charge in [0.25, 0.3) is 5.91 Å². The van der Waals surface area contributed by atoms with Crippen LogP contribution in [0.15, 0.2) is 48.5 Å². The highest BCUT2D eigenvalue weighted by Gasteiger charge is 2.36. The van der Waals surface area contributed by atoms with Crippen molar-refractivity contribution in [2.24, 2.45) is 0 Å². The molecule has 1 fully saturated rings. The smallest absolute Gasteiger partial charge is 0.255 e. The number of para-hydroxylation sites is 1. The molecule has 2 aromatic carbocycles. The van der Waals surface area contributed by atoms with Crippen LogP contribution in [0.3, 0.4) is 0 Å². The van der Waals surface area contributed by atoms with E-state index in [0.29, 0.717) is 44.0 Å². The first-order valence-electron chi connectivity index (χ1n) is 9.23. The minimum absolute atomic E-state index is 0.0515. The van der Waals surface area contributed by atoms with Gasteiger partial charge in [0.05, 0.1) is 5.69 Å². The van der Waals surface area contributed by atoms with E-state index in [9.17, 15) is 14.0 Å². The second kappa shape index (κ2) is 7.02. The maximum absolute atomic E-state index is 14.0. The zero-order chi connectivity index (χ0) is 19.0. The number of rotatable bonds is 3. The van der Waals surface area contributed by atoms with E-state index in [1.54, 1.807) is 28.9 Å². The van der Waals surface area contributed by atoms with E-state index in [1.165, 1.54) is 6.07 Å². The molecule has 0 spiro atoms. The molecule has 0 unspecified atom stereocenters. The summed E-state index contributed by atoms with van der Waals surface area (Å²) in [5, 5.41) is 0. The number of carbonyl (C=O) groups is 2. The van der Waals surface area contributed by atoms with E-state index in [-0.39, 0.29) is 17.6 Å². The molecule has 0 aromatic heterocycles. The third-order valence-corrected chi connectivity index (χ3v) is 5.46. The molecule has 0 bridgehead atoms. The number of piperazine rings is 1. The molecule has 2 aliphatic heterocycles. The highest BCUT2D eigenvalue weighted by molar-refractivity contribution is 6.01. The molecular formula is C21H22FN3O2. The molecule has 1 saturated heterocycles. The van der Waals surface area contributed by atoms with Gasteiger partial charge in [0.1, 0.15) is 11.9 Å². The van der Waals surface area contributed by atoms with Crippen molar-refractivity contribution >= 4 is 17.5 Å². The molecule has 1 atom stereocenters. The van der Waals surface area contributed by atoms with Crippen LogP contribution in [0.25, 0.3) is 0 Å². The Morgan fingerprint density at radius 3 is 2.37 bits per heavy atom. The van der Waals surface area contributed by atoms with Crippen molar-refractivity contribution in [1.29, 1.82) is 0 Å². The lowest BCUT2D eigenvalue weighted by Crippen LogP contribution is -2.54. The van der Waals surface area contributed by atoms with Crippen LogP contribution < -0.4 is 4.90 Å². The van der Waals surface area contributed by atoms with E-state index in [1.807, 2.05) is 35.2 Å². The van der Waals surface area contributed by atoms with Crippen molar-refractivity contribution in [2.75, 3.05) is 31.1 Å². The molecule has 6 heteroatoms. The van der Waals surface area contributed by atoms with Gasteiger partial charge in [0, 0.05) is 38.3 Å². The summed E-state index contributed by atoms with van der Waals surface area (Å²) in [6.07, 6.45) is 0. The van der Waals surface area contributed by atoms with E-state index in [4.69, 9.17) is 0 Å². The van der Waals surface area contributed by atoms with Gasteiger partial charge < -0.3 is 14.7 Å². The zero-order valence-corrected chi connectivity index (χ0v) is 15.3. The van der Waals surface area contributed by atoms with Gasteiger partial charge in [0.15, 0.2) is 0 Å². The number of halogens is 1. The molecule has 2 amide bonds. The molecule has 4 rings (SSSR count). The molecule has 2 heterocycles. The molecule has 0 N–H and O–H groups in total. The fourth-order valence-corrected chi connectivity index (χ4v) is 3.86. The molecule has 0 saturated carbocycles. The number of benzene rings is 2. The minimum atomic E-state index is -0.509. The molecule has 140 valence electrons. The second-order valence-electron chi connectivity index (χ2n) is 7.03. The Bertz CT molecular complexity index is 877. The predicted octanol–water partition coefficient (Wildman–Crippen LogP) is 2.52. The normalized spacial score (nSPS) is 17.9. The molecule has 0 aliphatic carbocycles. The standard InChI is InChI=1S/C21H22FN3O2/c1-15(25-14-16-6-2-3-7-17(16)21(25)27)20(26)24-12-10-23(11-13-24)19-9-5-4-8-18(19)22/h2-9,15H,10-14H2,1H3/t15-/m1/s1. The van der Waals surface area contributed by atoms with Crippen LogP contribution in [-0.4, -0.2) is 53.8 Å². The number of fused-ring (bicyclic) bond motifs is 1. The number of hydrogen-bond acceptors (Lipinski definition) is 3. The Hall–Kier alpha value is -2.89. The number of amides is 2. The fraction of sp³-hybridized carbons (Fsp3) is 0.333. The Morgan fingerprint density at radius 1 is 1.00 bits per heavy atom. The van der Waals surface area contributed by atoms with Crippen LogP contribution >= 0.6 is 0 Å². The maximum atomic E-state index is 14.0. The lowest BCUT2D eigenvalue weighted by Gasteiger charge is -2.38. The van der Waals surface area contributed by atoms with E-state index in [0.717, 1.165) is 5.56 Å². The summed E-state index contributed by atoms with van der Waals surface area (Å²) in [6.45, 7) is 4.45. The second-order valence-corrected chi connectivity index (χ2v) is 7.03. The van der Waals surface area contributed by atoms with Gasteiger partial charge in [-0.3, -0.25) is 9.59 Å². The summed E-state index contributed by atoms with van der Waals surface area (Å²) in [5.41, 5.74) is 2.22. The third-order valence-electron chi connectivity index (χ3n) is 5.46. The molecule has 2 aromatic rings. The Labute approximate surface area is 158 Å². The fourth-order valence-electron chi connectivity index (χ4n) is 3.86. The van der Waals surface area contributed by atoms with Crippen molar-refractivity contribution < 1.29 is 14.0 Å². The lowest BCUT2D eigenvalue weighted by molar-refractivity contribution is -0.136. The highest BCUT2D eigenvalue weighted by Crippen LogP contribution is 2.26. The van der Waals surface area contributed by atoms with Crippen LogP contribution in [0, 0.1) is 5.82 Å². The average molecular weight is 367 g/mol. The van der Waals surface area contributed by atoms with Crippen LogP contribution in [0.1, 0.15) is 22.8 Å². The van der Waals surface area contributed by atoms with Gasteiger partial charge in [-0.25, -0.2) is 4.39 Å². The number of hydrogen-bond donors (Lipinski definition) is 0. The molecule has 0 radical (unpaired) electrons. The van der Waals surface area contributed by atoms with Gasteiger partial charge in [0.2, 0.25) is 5.91 Å². The van der Waals surface area contributed by atoms with E-state index in [2.05, 4.69) is 0 Å². The van der Waals surface area contributed by atoms with Gasteiger partial charge >= 0.3 is 0 Å². The summed E-state index contributed by atoms with van der Waals surface area (Å²) < 4.78 is 14.0. The van der Waals surface area contributed by atoms with Crippen molar-refractivity contribution in [2.45, 2.75) is 19.5 Å². The molecular weight excluding hydrogens is 345 g/mol. The Morgan fingerprint density at radius 2 is 1.67 bits per heavy atom. The summed E-state index contributed by atoms with van der Waals surface area (Å²) >= 11 is 0. The van der Waals surface area contributed by atoms with Crippen molar-refractivity contribution in [3.63, 3.8) is 0 Å². The number of anilines is 1. The molecule has 2 aliphatic rings. The van der Waals surface area contributed by atoms with Gasteiger partial charge in [-0.15, -0.1) is 0 Å². The third kappa shape index (κ3) is 3.16. The van der Waals surface area contributed by atoms with Crippen molar-refractivity contribution in [3.05, 3.63) is 65.5 Å².